The zero-order chi connectivity index (χ0) is 7.40. The van der Waals surface area contributed by atoms with Crippen LogP contribution < -0.4 is 4.18 Å². The number of hydrogen-bond donors (Lipinski definition) is 0. The molecule has 0 saturated heterocycles. The van der Waals surface area contributed by atoms with Gasteiger partial charge in [-0.25, -0.2) is 9.19 Å². The van der Waals surface area contributed by atoms with Crippen LogP contribution in [0.3, 0.4) is 0 Å². The molecule has 1 unspecified atom stereocenters. The first-order valence-corrected chi connectivity index (χ1v) is 3.91. The van der Waals surface area contributed by atoms with Gasteiger partial charge in [0, 0.05) is 6.26 Å². The molecule has 0 aliphatic heterocycles. The topological polar surface area (TPSA) is 65.0 Å². The van der Waals surface area contributed by atoms with Gasteiger partial charge in [0.2, 0.25) is 11.1 Å². The molecular formula is C4H5N3O2S. The molecule has 1 rings (SSSR count). The van der Waals surface area contributed by atoms with E-state index in [0.717, 1.165) is 0 Å². The molecule has 0 fully saturated rings. The lowest BCUT2D eigenvalue weighted by Gasteiger charge is -1.94. The zero-order valence-electron chi connectivity index (χ0n) is 5.22. The first-order valence-electron chi connectivity index (χ1n) is 2.43. The Hall–Kier alpha value is -1.04. The summed E-state index contributed by atoms with van der Waals surface area (Å²) in [4.78, 5) is 10.7. The molecular weight excluding hydrogens is 154 g/mol. The van der Waals surface area contributed by atoms with E-state index in [1.807, 2.05) is 0 Å². The Labute approximate surface area is 60.2 Å². The second-order valence-electron chi connectivity index (χ2n) is 1.41. The minimum Gasteiger partial charge on any atom is -0.362 e. The van der Waals surface area contributed by atoms with E-state index >= 15 is 0 Å². The van der Waals surface area contributed by atoms with Crippen molar-refractivity contribution in [1.29, 1.82) is 0 Å². The van der Waals surface area contributed by atoms with Gasteiger partial charge in [-0.05, 0) is 0 Å². The Morgan fingerprint density at radius 3 is 2.60 bits per heavy atom. The van der Waals surface area contributed by atoms with Crippen LogP contribution in [0.4, 0.5) is 0 Å². The van der Waals surface area contributed by atoms with Crippen molar-refractivity contribution >= 4 is 11.1 Å². The average molecular weight is 159 g/mol. The van der Waals surface area contributed by atoms with E-state index in [2.05, 4.69) is 19.1 Å². The van der Waals surface area contributed by atoms with Crippen LogP contribution in [-0.2, 0) is 11.1 Å². The summed E-state index contributed by atoms with van der Waals surface area (Å²) in [6.45, 7) is 0. The van der Waals surface area contributed by atoms with Gasteiger partial charge < -0.3 is 4.18 Å². The van der Waals surface area contributed by atoms with Crippen molar-refractivity contribution in [3.8, 4) is 6.01 Å². The summed E-state index contributed by atoms with van der Waals surface area (Å²) in [6, 6.07) is 0.0795. The van der Waals surface area contributed by atoms with Crippen molar-refractivity contribution < 1.29 is 8.39 Å². The summed E-state index contributed by atoms with van der Waals surface area (Å²) in [5.74, 6) is 0. The third kappa shape index (κ3) is 2.06. The summed E-state index contributed by atoms with van der Waals surface area (Å²) in [5, 5.41) is 0. The average Bonchev–Trinajstić information content (AvgIpc) is 1.88. The number of aromatic nitrogens is 3. The molecule has 0 spiro atoms. The van der Waals surface area contributed by atoms with Crippen molar-refractivity contribution in [2.45, 2.75) is 0 Å². The second kappa shape index (κ2) is 3.21. The molecule has 0 aromatic carbocycles. The Morgan fingerprint density at radius 2 is 2.10 bits per heavy atom. The molecule has 1 aromatic rings. The Kier molecular flexibility index (Phi) is 2.27. The molecule has 0 aliphatic rings. The lowest BCUT2D eigenvalue weighted by atomic mass is 11.0. The van der Waals surface area contributed by atoms with Crippen molar-refractivity contribution in [3.05, 3.63) is 12.7 Å². The van der Waals surface area contributed by atoms with Crippen molar-refractivity contribution in [2.75, 3.05) is 6.26 Å². The van der Waals surface area contributed by atoms with Crippen LogP contribution in [0.15, 0.2) is 12.7 Å². The highest BCUT2D eigenvalue weighted by Crippen LogP contribution is 1.95. The maximum Gasteiger partial charge on any atom is 0.333 e. The molecule has 0 saturated carbocycles. The summed E-state index contributed by atoms with van der Waals surface area (Å²) in [6.07, 6.45) is 3.94. The highest BCUT2D eigenvalue weighted by atomic mass is 32.2. The fraction of sp³-hybridized carbons (Fsp3) is 0.250. The third-order valence-electron chi connectivity index (χ3n) is 0.662. The van der Waals surface area contributed by atoms with Gasteiger partial charge in [0.25, 0.3) is 0 Å². The van der Waals surface area contributed by atoms with Crippen LogP contribution in [0.5, 0.6) is 6.01 Å². The predicted octanol–water partition coefficient (Wildman–Crippen LogP) is -0.456. The third-order valence-corrected chi connectivity index (χ3v) is 1.05. The van der Waals surface area contributed by atoms with Gasteiger partial charge in [-0.3, -0.25) is 0 Å². The van der Waals surface area contributed by atoms with E-state index in [4.69, 9.17) is 0 Å². The first kappa shape index (κ1) is 7.07. The quantitative estimate of drug-likeness (QED) is 0.584. The second-order valence-corrected chi connectivity index (χ2v) is 2.37. The molecule has 0 aliphatic carbocycles. The Morgan fingerprint density at radius 1 is 1.50 bits per heavy atom. The van der Waals surface area contributed by atoms with Crippen LogP contribution in [-0.4, -0.2) is 25.4 Å². The van der Waals surface area contributed by atoms with Gasteiger partial charge in [-0.1, -0.05) is 0 Å². The van der Waals surface area contributed by atoms with Gasteiger partial charge in [0.05, 0.1) is 0 Å². The van der Waals surface area contributed by atoms with Gasteiger partial charge in [0.1, 0.15) is 12.7 Å². The maximum absolute atomic E-state index is 10.4. The molecule has 1 aromatic heterocycles. The molecule has 0 radical (unpaired) electrons. The molecule has 1 atom stereocenters. The minimum atomic E-state index is -1.37. The van der Waals surface area contributed by atoms with E-state index in [0.29, 0.717) is 0 Å². The summed E-state index contributed by atoms with van der Waals surface area (Å²) >= 11 is -1.37. The minimum absolute atomic E-state index is 0.0795. The van der Waals surface area contributed by atoms with Crippen molar-refractivity contribution in [1.82, 2.24) is 15.0 Å². The number of nitrogens with zero attached hydrogens (tertiary/aromatic N) is 3. The number of rotatable bonds is 2. The Bertz CT molecular complexity index is 227. The van der Waals surface area contributed by atoms with Gasteiger partial charge >= 0.3 is 6.01 Å². The van der Waals surface area contributed by atoms with E-state index in [9.17, 15) is 4.21 Å². The van der Waals surface area contributed by atoms with E-state index in [-0.39, 0.29) is 6.01 Å². The van der Waals surface area contributed by atoms with Crippen LogP contribution in [0.1, 0.15) is 0 Å². The lowest BCUT2D eigenvalue weighted by molar-refractivity contribution is 0.528. The molecule has 0 N–H and O–H groups in total. The fourth-order valence-corrected chi connectivity index (χ4v) is 0.673. The smallest absolute Gasteiger partial charge is 0.333 e. The van der Waals surface area contributed by atoms with Gasteiger partial charge in [-0.15, -0.1) is 0 Å². The largest absolute Gasteiger partial charge is 0.362 e. The standard InChI is InChI=1S/C4H5N3O2S/c1-10(8)9-4-6-2-5-3-7-4/h2-3H,1H3. The van der Waals surface area contributed by atoms with E-state index in [1.54, 1.807) is 0 Å². The van der Waals surface area contributed by atoms with Crippen LogP contribution in [0.25, 0.3) is 0 Å². The summed E-state index contributed by atoms with van der Waals surface area (Å²) in [7, 11) is 0. The molecule has 0 amide bonds. The van der Waals surface area contributed by atoms with Crippen LogP contribution in [0.2, 0.25) is 0 Å². The van der Waals surface area contributed by atoms with Crippen LogP contribution >= 0.6 is 0 Å². The molecule has 10 heavy (non-hydrogen) atoms. The Balaban J connectivity index is 2.67. The molecule has 0 bridgehead atoms. The van der Waals surface area contributed by atoms with E-state index in [1.165, 1.54) is 18.9 Å². The van der Waals surface area contributed by atoms with E-state index < -0.39 is 11.1 Å². The molecule has 54 valence electrons. The predicted molar refractivity (Wildman–Crippen MR) is 34.5 cm³/mol. The maximum atomic E-state index is 10.4. The normalized spacial score (nSPS) is 12.5. The lowest BCUT2D eigenvalue weighted by Crippen LogP contribution is -2.00. The monoisotopic (exact) mass is 159 g/mol. The highest BCUT2D eigenvalue weighted by molar-refractivity contribution is 7.79. The van der Waals surface area contributed by atoms with Crippen LogP contribution in [0, 0.1) is 0 Å². The molecule has 1 heterocycles. The van der Waals surface area contributed by atoms with Gasteiger partial charge in [0.15, 0.2) is 0 Å². The SMILES string of the molecule is CS(=O)Oc1ncncn1. The zero-order valence-corrected chi connectivity index (χ0v) is 6.04. The summed E-state index contributed by atoms with van der Waals surface area (Å²) < 4.78 is 15.0. The van der Waals surface area contributed by atoms with Gasteiger partial charge in [-0.2, -0.15) is 9.97 Å². The molecule has 5 nitrogen and oxygen atoms in total. The first-order chi connectivity index (χ1) is 4.79. The summed E-state index contributed by atoms with van der Waals surface area (Å²) in [5.41, 5.74) is 0. The highest BCUT2D eigenvalue weighted by Gasteiger charge is 1.95. The molecule has 6 heteroatoms. The fourth-order valence-electron chi connectivity index (χ4n) is 0.377. The van der Waals surface area contributed by atoms with Crippen molar-refractivity contribution in [2.24, 2.45) is 0 Å². The number of hydrogen-bond acceptors (Lipinski definition) is 5. The van der Waals surface area contributed by atoms with Crippen molar-refractivity contribution in [3.63, 3.8) is 0 Å².